The normalized spacial score (nSPS) is 18.3. The van der Waals surface area contributed by atoms with E-state index in [9.17, 15) is 0 Å². The molecule has 4 rings (SSSR count). The molecule has 1 aliphatic heterocycles. The molecule has 0 aromatic carbocycles. The van der Waals surface area contributed by atoms with Gasteiger partial charge in [-0.05, 0) is 39.3 Å². The second kappa shape index (κ2) is 7.25. The van der Waals surface area contributed by atoms with Crippen molar-refractivity contribution in [2.75, 3.05) is 13.1 Å². The Bertz CT molecular complexity index is 899. The van der Waals surface area contributed by atoms with E-state index < -0.39 is 0 Å². The summed E-state index contributed by atoms with van der Waals surface area (Å²) in [6, 6.07) is 2.13. The molecule has 1 fully saturated rings. The van der Waals surface area contributed by atoms with Gasteiger partial charge in [-0.2, -0.15) is 0 Å². The molecule has 0 radical (unpaired) electrons. The maximum absolute atomic E-state index is 4.76. The fourth-order valence-corrected chi connectivity index (χ4v) is 4.47. The average Bonchev–Trinajstić information content (AvgIpc) is 3.23. The van der Waals surface area contributed by atoms with E-state index in [2.05, 4.69) is 32.8 Å². The van der Waals surface area contributed by atoms with Crippen molar-refractivity contribution in [1.29, 1.82) is 0 Å². The summed E-state index contributed by atoms with van der Waals surface area (Å²) in [4.78, 5) is 22.1. The second-order valence-electron chi connectivity index (χ2n) is 7.02. The number of aromatic nitrogens is 5. The smallest absolute Gasteiger partial charge is 0.158 e. The molecule has 7 heteroatoms. The summed E-state index contributed by atoms with van der Waals surface area (Å²) < 4.78 is 2.01. The van der Waals surface area contributed by atoms with Gasteiger partial charge in [0.05, 0.1) is 11.2 Å². The van der Waals surface area contributed by atoms with Crippen molar-refractivity contribution in [3.63, 3.8) is 0 Å². The van der Waals surface area contributed by atoms with Crippen LogP contribution in [-0.2, 0) is 13.6 Å². The summed E-state index contributed by atoms with van der Waals surface area (Å²) in [5.41, 5.74) is 5.16. The van der Waals surface area contributed by atoms with E-state index in [0.29, 0.717) is 5.92 Å². The molecule has 0 spiro atoms. The molecule has 0 N–H and O–H groups in total. The Morgan fingerprint density at radius 3 is 2.85 bits per heavy atom. The van der Waals surface area contributed by atoms with E-state index in [0.717, 1.165) is 48.4 Å². The third-order valence-corrected chi connectivity index (χ3v) is 5.96. The van der Waals surface area contributed by atoms with Gasteiger partial charge in [0.15, 0.2) is 5.82 Å². The number of piperidine rings is 1. The Balaban J connectivity index is 1.56. The summed E-state index contributed by atoms with van der Waals surface area (Å²) in [6.45, 7) is 7.23. The Morgan fingerprint density at radius 2 is 2.12 bits per heavy atom. The molecule has 136 valence electrons. The zero-order valence-electron chi connectivity index (χ0n) is 15.5. The molecular formula is C19H24N6S. The molecule has 3 aromatic rings. The number of likely N-dealkylation sites (tertiary alicyclic amines) is 1. The topological polar surface area (TPSA) is 59.7 Å². The minimum absolute atomic E-state index is 0.442. The number of imidazole rings is 1. The monoisotopic (exact) mass is 368 g/mol. The van der Waals surface area contributed by atoms with Crippen LogP contribution in [0, 0.1) is 13.8 Å². The third-order valence-electron chi connectivity index (χ3n) is 5.04. The van der Waals surface area contributed by atoms with Gasteiger partial charge < -0.3 is 4.57 Å². The van der Waals surface area contributed by atoms with Crippen molar-refractivity contribution < 1.29 is 0 Å². The lowest BCUT2D eigenvalue weighted by Gasteiger charge is -2.32. The van der Waals surface area contributed by atoms with Gasteiger partial charge in [0.25, 0.3) is 0 Å². The zero-order valence-corrected chi connectivity index (χ0v) is 16.3. The lowest BCUT2D eigenvalue weighted by atomic mass is 9.94. The lowest BCUT2D eigenvalue weighted by Crippen LogP contribution is -2.34. The van der Waals surface area contributed by atoms with E-state index in [1.54, 1.807) is 11.3 Å². The minimum Gasteiger partial charge on any atom is -0.333 e. The highest BCUT2D eigenvalue weighted by atomic mass is 32.1. The first kappa shape index (κ1) is 17.3. The van der Waals surface area contributed by atoms with E-state index in [1.807, 2.05) is 36.4 Å². The highest BCUT2D eigenvalue weighted by molar-refractivity contribution is 7.09. The van der Waals surface area contributed by atoms with Gasteiger partial charge in [-0.3, -0.25) is 4.90 Å². The van der Waals surface area contributed by atoms with E-state index in [-0.39, 0.29) is 0 Å². The zero-order chi connectivity index (χ0) is 18.1. The molecule has 0 bridgehead atoms. The van der Waals surface area contributed by atoms with Gasteiger partial charge in [0.1, 0.15) is 11.5 Å². The predicted octanol–water partition coefficient (Wildman–Crippen LogP) is 3.33. The van der Waals surface area contributed by atoms with Crippen LogP contribution < -0.4 is 0 Å². The SMILES string of the molecule is Cc1nc(-c2nccn2C)cc([C@H]2CCCN(Cc3scnc3C)C2)n1. The molecular weight excluding hydrogens is 344 g/mol. The lowest BCUT2D eigenvalue weighted by molar-refractivity contribution is 0.199. The largest absolute Gasteiger partial charge is 0.333 e. The molecule has 26 heavy (non-hydrogen) atoms. The summed E-state index contributed by atoms with van der Waals surface area (Å²) in [5, 5.41) is 0. The number of hydrogen-bond donors (Lipinski definition) is 0. The Labute approximate surface area is 158 Å². The first-order chi connectivity index (χ1) is 12.6. The second-order valence-corrected chi connectivity index (χ2v) is 7.96. The third kappa shape index (κ3) is 3.54. The molecule has 0 unspecified atom stereocenters. The molecule has 1 atom stereocenters. The van der Waals surface area contributed by atoms with Gasteiger partial charge in [-0.15, -0.1) is 11.3 Å². The molecule has 0 aliphatic carbocycles. The molecule has 1 aliphatic rings. The van der Waals surface area contributed by atoms with Crippen LogP contribution in [0.25, 0.3) is 11.5 Å². The highest BCUT2D eigenvalue weighted by Gasteiger charge is 2.24. The summed E-state index contributed by atoms with van der Waals surface area (Å²) >= 11 is 1.76. The van der Waals surface area contributed by atoms with E-state index in [4.69, 9.17) is 4.98 Å². The van der Waals surface area contributed by atoms with Crippen LogP contribution >= 0.6 is 11.3 Å². The van der Waals surface area contributed by atoms with Crippen LogP contribution in [-0.4, -0.2) is 42.5 Å². The van der Waals surface area contributed by atoms with Crippen molar-refractivity contribution in [2.24, 2.45) is 7.05 Å². The van der Waals surface area contributed by atoms with Gasteiger partial charge in [-0.1, -0.05) is 0 Å². The standard InChI is InChI=1S/C19H24N6S/c1-13-18(26-12-21-13)11-25-7-4-5-15(10-25)16-9-17(23-14(2)22-16)19-20-6-8-24(19)3/h6,8-9,12,15H,4-5,7,10-11H2,1-3H3/t15-/m0/s1. The van der Waals surface area contributed by atoms with Gasteiger partial charge in [0, 0.05) is 49.0 Å². The number of rotatable bonds is 4. The number of aryl methyl sites for hydroxylation is 3. The van der Waals surface area contributed by atoms with Crippen molar-refractivity contribution in [2.45, 2.75) is 39.2 Å². The maximum Gasteiger partial charge on any atom is 0.158 e. The van der Waals surface area contributed by atoms with Crippen LogP contribution in [0.15, 0.2) is 24.0 Å². The van der Waals surface area contributed by atoms with Gasteiger partial charge in [0.2, 0.25) is 0 Å². The quantitative estimate of drug-likeness (QED) is 0.707. The first-order valence-electron chi connectivity index (χ1n) is 9.04. The number of thiazole rings is 1. The van der Waals surface area contributed by atoms with Crippen molar-refractivity contribution in [1.82, 2.24) is 29.4 Å². The van der Waals surface area contributed by atoms with Gasteiger partial charge >= 0.3 is 0 Å². The van der Waals surface area contributed by atoms with Crippen LogP contribution in [0.2, 0.25) is 0 Å². The van der Waals surface area contributed by atoms with E-state index >= 15 is 0 Å². The van der Waals surface area contributed by atoms with Crippen LogP contribution in [0.1, 0.15) is 40.8 Å². The number of nitrogens with zero attached hydrogens (tertiary/aromatic N) is 6. The van der Waals surface area contributed by atoms with Crippen molar-refractivity contribution >= 4 is 11.3 Å². The number of hydrogen-bond acceptors (Lipinski definition) is 6. The summed E-state index contributed by atoms with van der Waals surface area (Å²) in [5.74, 6) is 2.15. The minimum atomic E-state index is 0.442. The Morgan fingerprint density at radius 1 is 1.23 bits per heavy atom. The highest BCUT2D eigenvalue weighted by Crippen LogP contribution is 2.29. The molecule has 1 saturated heterocycles. The molecule has 0 amide bonds. The summed E-state index contributed by atoms with van der Waals surface area (Å²) in [6.07, 6.45) is 6.14. The van der Waals surface area contributed by atoms with Gasteiger partial charge in [-0.25, -0.2) is 19.9 Å². The Hall–Kier alpha value is -2.12. The molecule has 3 aromatic heterocycles. The van der Waals surface area contributed by atoms with Crippen molar-refractivity contribution in [3.05, 3.63) is 46.1 Å². The van der Waals surface area contributed by atoms with Crippen molar-refractivity contribution in [3.8, 4) is 11.5 Å². The fraction of sp³-hybridized carbons (Fsp3) is 0.474. The van der Waals surface area contributed by atoms with Crippen LogP contribution in [0.3, 0.4) is 0 Å². The first-order valence-corrected chi connectivity index (χ1v) is 9.92. The predicted molar refractivity (Wildman–Crippen MR) is 103 cm³/mol. The summed E-state index contributed by atoms with van der Waals surface area (Å²) in [7, 11) is 2.00. The maximum atomic E-state index is 4.76. The molecule has 6 nitrogen and oxygen atoms in total. The average molecular weight is 369 g/mol. The van der Waals surface area contributed by atoms with Crippen LogP contribution in [0.4, 0.5) is 0 Å². The molecule has 0 saturated carbocycles. The Kier molecular flexibility index (Phi) is 4.82. The molecule has 4 heterocycles. The fourth-order valence-electron chi connectivity index (χ4n) is 3.65. The van der Waals surface area contributed by atoms with Crippen LogP contribution in [0.5, 0.6) is 0 Å². The van der Waals surface area contributed by atoms with E-state index in [1.165, 1.54) is 17.7 Å².